The lowest BCUT2D eigenvalue weighted by molar-refractivity contribution is 0.0937. The SMILES string of the molecule is CCC(CC)(CO)CNC1CCCC1O. The molecule has 2 unspecified atom stereocenters. The average Bonchev–Trinajstić information content (AvgIpc) is 2.67. The second kappa shape index (κ2) is 5.83. The first-order valence-electron chi connectivity index (χ1n) is 6.19. The predicted molar refractivity (Wildman–Crippen MR) is 61.7 cm³/mol. The maximum Gasteiger partial charge on any atom is 0.0693 e. The van der Waals surface area contributed by atoms with Gasteiger partial charge in [-0.25, -0.2) is 0 Å². The van der Waals surface area contributed by atoms with Gasteiger partial charge in [-0.15, -0.1) is 0 Å². The lowest BCUT2D eigenvalue weighted by Gasteiger charge is -2.31. The standard InChI is InChI=1S/C12H25NO2/c1-3-12(4-2,9-14)8-13-10-6-5-7-11(10)15/h10-11,13-15H,3-9H2,1-2H3. The summed E-state index contributed by atoms with van der Waals surface area (Å²) in [4.78, 5) is 0. The Bertz CT molecular complexity index is 172. The Balaban J connectivity index is 2.39. The van der Waals surface area contributed by atoms with E-state index >= 15 is 0 Å². The van der Waals surface area contributed by atoms with Crippen molar-refractivity contribution in [1.82, 2.24) is 5.32 Å². The molecule has 2 atom stereocenters. The van der Waals surface area contributed by atoms with Gasteiger partial charge in [-0.05, 0) is 32.1 Å². The van der Waals surface area contributed by atoms with Gasteiger partial charge in [-0.1, -0.05) is 13.8 Å². The first-order chi connectivity index (χ1) is 7.17. The maximum atomic E-state index is 9.68. The summed E-state index contributed by atoms with van der Waals surface area (Å²) in [7, 11) is 0. The van der Waals surface area contributed by atoms with Crippen LogP contribution in [0.4, 0.5) is 0 Å². The second-order valence-corrected chi connectivity index (χ2v) is 4.85. The van der Waals surface area contributed by atoms with Crippen LogP contribution in [0.5, 0.6) is 0 Å². The Hall–Kier alpha value is -0.120. The van der Waals surface area contributed by atoms with Crippen LogP contribution in [0.15, 0.2) is 0 Å². The molecule has 90 valence electrons. The van der Waals surface area contributed by atoms with Crippen molar-refractivity contribution in [1.29, 1.82) is 0 Å². The summed E-state index contributed by atoms with van der Waals surface area (Å²) in [6, 6.07) is 0.244. The highest BCUT2D eigenvalue weighted by Crippen LogP contribution is 2.26. The second-order valence-electron chi connectivity index (χ2n) is 4.85. The molecule has 1 saturated carbocycles. The zero-order valence-corrected chi connectivity index (χ0v) is 10.00. The van der Waals surface area contributed by atoms with Crippen LogP contribution in [0.2, 0.25) is 0 Å². The van der Waals surface area contributed by atoms with Crippen molar-refractivity contribution in [3.05, 3.63) is 0 Å². The molecule has 0 saturated heterocycles. The Kier molecular flexibility index (Phi) is 5.03. The molecule has 0 aromatic carbocycles. The zero-order valence-electron chi connectivity index (χ0n) is 10.00. The fraction of sp³-hybridized carbons (Fsp3) is 1.00. The van der Waals surface area contributed by atoms with Crippen LogP contribution < -0.4 is 5.32 Å². The molecule has 0 aromatic heterocycles. The summed E-state index contributed by atoms with van der Waals surface area (Å²) in [6.07, 6.45) is 4.88. The van der Waals surface area contributed by atoms with Crippen LogP contribution in [0, 0.1) is 5.41 Å². The third-order valence-corrected chi connectivity index (χ3v) is 4.05. The Morgan fingerprint density at radius 3 is 2.33 bits per heavy atom. The summed E-state index contributed by atoms with van der Waals surface area (Å²) in [6.45, 7) is 5.28. The van der Waals surface area contributed by atoms with Crippen LogP contribution >= 0.6 is 0 Å². The van der Waals surface area contributed by atoms with Crippen LogP contribution in [0.25, 0.3) is 0 Å². The Morgan fingerprint density at radius 1 is 1.27 bits per heavy atom. The predicted octanol–water partition coefficient (Wildman–Crippen LogP) is 1.29. The quantitative estimate of drug-likeness (QED) is 0.626. The highest BCUT2D eigenvalue weighted by Gasteiger charge is 2.30. The van der Waals surface area contributed by atoms with Gasteiger partial charge in [0.15, 0.2) is 0 Å². The van der Waals surface area contributed by atoms with Gasteiger partial charge in [0, 0.05) is 24.6 Å². The van der Waals surface area contributed by atoms with E-state index in [4.69, 9.17) is 0 Å². The van der Waals surface area contributed by atoms with Crippen molar-refractivity contribution in [3.63, 3.8) is 0 Å². The number of aliphatic hydroxyl groups excluding tert-OH is 2. The summed E-state index contributed by atoms with van der Waals surface area (Å²) in [5.74, 6) is 0. The molecular weight excluding hydrogens is 190 g/mol. The van der Waals surface area contributed by atoms with Crippen LogP contribution in [-0.4, -0.2) is 35.5 Å². The summed E-state index contributed by atoms with van der Waals surface area (Å²) in [5, 5.41) is 22.5. The number of hydrogen-bond acceptors (Lipinski definition) is 3. The third kappa shape index (κ3) is 3.16. The van der Waals surface area contributed by atoms with Crippen molar-refractivity contribution in [3.8, 4) is 0 Å². The highest BCUT2D eigenvalue weighted by molar-refractivity contribution is 4.86. The normalized spacial score (nSPS) is 27.2. The van der Waals surface area contributed by atoms with Crippen molar-refractivity contribution in [2.24, 2.45) is 5.41 Å². The minimum absolute atomic E-state index is 0.00229. The average molecular weight is 215 g/mol. The van der Waals surface area contributed by atoms with Gasteiger partial charge in [0.05, 0.1) is 6.10 Å². The highest BCUT2D eigenvalue weighted by atomic mass is 16.3. The van der Waals surface area contributed by atoms with E-state index in [9.17, 15) is 10.2 Å². The molecule has 1 aliphatic carbocycles. The monoisotopic (exact) mass is 215 g/mol. The maximum absolute atomic E-state index is 9.68. The Labute approximate surface area is 92.9 Å². The molecule has 3 nitrogen and oxygen atoms in total. The van der Waals surface area contributed by atoms with Crippen molar-refractivity contribution in [2.45, 2.75) is 58.1 Å². The molecule has 3 heteroatoms. The number of rotatable bonds is 6. The molecule has 1 rings (SSSR count). The molecule has 0 aromatic rings. The Morgan fingerprint density at radius 2 is 1.93 bits per heavy atom. The molecule has 0 heterocycles. The van der Waals surface area contributed by atoms with E-state index in [1.807, 2.05) is 0 Å². The summed E-state index contributed by atoms with van der Waals surface area (Å²) in [5.41, 5.74) is 0.00229. The molecular formula is C12H25NO2. The lowest BCUT2D eigenvalue weighted by atomic mass is 9.83. The molecule has 3 N–H and O–H groups in total. The first-order valence-corrected chi connectivity index (χ1v) is 6.19. The van der Waals surface area contributed by atoms with Gasteiger partial charge in [0.25, 0.3) is 0 Å². The molecule has 0 radical (unpaired) electrons. The van der Waals surface area contributed by atoms with E-state index in [-0.39, 0.29) is 24.2 Å². The van der Waals surface area contributed by atoms with Gasteiger partial charge in [-0.3, -0.25) is 0 Å². The molecule has 0 spiro atoms. The molecule has 0 bridgehead atoms. The number of aliphatic hydroxyl groups is 2. The fourth-order valence-electron chi connectivity index (χ4n) is 2.31. The van der Waals surface area contributed by atoms with Gasteiger partial charge < -0.3 is 15.5 Å². The molecule has 15 heavy (non-hydrogen) atoms. The topological polar surface area (TPSA) is 52.5 Å². The van der Waals surface area contributed by atoms with E-state index < -0.39 is 0 Å². The van der Waals surface area contributed by atoms with Crippen LogP contribution in [0.3, 0.4) is 0 Å². The van der Waals surface area contributed by atoms with Crippen molar-refractivity contribution < 1.29 is 10.2 Å². The van der Waals surface area contributed by atoms with E-state index in [0.29, 0.717) is 0 Å². The van der Waals surface area contributed by atoms with E-state index in [2.05, 4.69) is 19.2 Å². The molecule has 1 aliphatic rings. The van der Waals surface area contributed by atoms with Crippen LogP contribution in [-0.2, 0) is 0 Å². The number of nitrogens with one attached hydrogen (secondary N) is 1. The van der Waals surface area contributed by atoms with E-state index in [0.717, 1.165) is 38.6 Å². The lowest BCUT2D eigenvalue weighted by Crippen LogP contribution is -2.44. The largest absolute Gasteiger partial charge is 0.396 e. The molecule has 0 aliphatic heterocycles. The van der Waals surface area contributed by atoms with Crippen molar-refractivity contribution in [2.75, 3.05) is 13.2 Å². The van der Waals surface area contributed by atoms with Gasteiger partial charge in [0.2, 0.25) is 0 Å². The van der Waals surface area contributed by atoms with Crippen LogP contribution in [0.1, 0.15) is 46.0 Å². The third-order valence-electron chi connectivity index (χ3n) is 4.05. The molecule has 1 fully saturated rings. The van der Waals surface area contributed by atoms with Crippen molar-refractivity contribution >= 4 is 0 Å². The van der Waals surface area contributed by atoms with Gasteiger partial charge in [-0.2, -0.15) is 0 Å². The summed E-state index contributed by atoms with van der Waals surface area (Å²) >= 11 is 0. The molecule has 0 amide bonds. The van der Waals surface area contributed by atoms with Gasteiger partial charge in [0.1, 0.15) is 0 Å². The van der Waals surface area contributed by atoms with Gasteiger partial charge >= 0.3 is 0 Å². The first kappa shape index (κ1) is 12.9. The van der Waals surface area contributed by atoms with E-state index in [1.165, 1.54) is 0 Å². The number of hydrogen-bond donors (Lipinski definition) is 3. The van der Waals surface area contributed by atoms with E-state index in [1.54, 1.807) is 0 Å². The zero-order chi connectivity index (χ0) is 11.3. The minimum Gasteiger partial charge on any atom is -0.396 e. The summed E-state index contributed by atoms with van der Waals surface area (Å²) < 4.78 is 0. The fourth-order valence-corrected chi connectivity index (χ4v) is 2.31. The minimum atomic E-state index is -0.185. The smallest absolute Gasteiger partial charge is 0.0693 e.